The first-order valence-electron chi connectivity index (χ1n) is 8.31. The first kappa shape index (κ1) is 18.0. The van der Waals surface area contributed by atoms with Gasteiger partial charge in [-0.2, -0.15) is 0 Å². The topological polar surface area (TPSA) is 45.2 Å². The Morgan fingerprint density at radius 1 is 1.13 bits per heavy atom. The molecule has 0 amide bonds. The first-order chi connectivity index (χ1) is 10.9. The predicted octanol–water partition coefficient (Wildman–Crippen LogP) is 1.99. The number of nitrogens with zero attached hydrogens (tertiary/aromatic N) is 2. The standard InChI is InChI=1S/C18H30N2O3/c1-18(2,3)23-14-15(21)13-19-9-11-20(12-10-19)16-7-5-6-8-17(16)22-4/h5-8,15,21H,9-14H2,1-4H3/t15-/m0/s1. The zero-order chi connectivity index (χ0) is 16.9. The molecule has 1 aliphatic heterocycles. The van der Waals surface area contributed by atoms with Crippen LogP contribution in [0, 0.1) is 0 Å². The van der Waals surface area contributed by atoms with E-state index >= 15 is 0 Å². The van der Waals surface area contributed by atoms with Crippen molar-refractivity contribution >= 4 is 5.69 Å². The molecule has 5 heteroatoms. The van der Waals surface area contributed by atoms with Crippen molar-refractivity contribution in [3.05, 3.63) is 24.3 Å². The molecule has 23 heavy (non-hydrogen) atoms. The fourth-order valence-corrected chi connectivity index (χ4v) is 2.76. The molecule has 1 fully saturated rings. The van der Waals surface area contributed by atoms with Gasteiger partial charge in [-0.3, -0.25) is 4.90 Å². The lowest BCUT2D eigenvalue weighted by molar-refractivity contribution is -0.0563. The molecular formula is C18H30N2O3. The molecule has 130 valence electrons. The summed E-state index contributed by atoms with van der Waals surface area (Å²) in [7, 11) is 1.71. The van der Waals surface area contributed by atoms with Crippen LogP contribution < -0.4 is 9.64 Å². The minimum Gasteiger partial charge on any atom is -0.495 e. The summed E-state index contributed by atoms with van der Waals surface area (Å²) in [6, 6.07) is 8.12. The van der Waals surface area contributed by atoms with Crippen LogP contribution in [0.3, 0.4) is 0 Å². The molecule has 0 aromatic heterocycles. The minimum absolute atomic E-state index is 0.205. The summed E-state index contributed by atoms with van der Waals surface area (Å²) in [6.45, 7) is 10.8. The highest BCUT2D eigenvalue weighted by molar-refractivity contribution is 5.58. The van der Waals surface area contributed by atoms with Gasteiger partial charge in [-0.15, -0.1) is 0 Å². The summed E-state index contributed by atoms with van der Waals surface area (Å²) in [5, 5.41) is 10.1. The largest absolute Gasteiger partial charge is 0.495 e. The Bertz CT molecular complexity index is 479. The molecular weight excluding hydrogens is 292 g/mol. The summed E-state index contributed by atoms with van der Waals surface area (Å²) in [4.78, 5) is 4.63. The number of aliphatic hydroxyl groups is 1. The lowest BCUT2D eigenvalue weighted by atomic mass is 10.2. The Balaban J connectivity index is 1.80. The summed E-state index contributed by atoms with van der Waals surface area (Å²) in [5.41, 5.74) is 0.940. The molecule has 0 saturated carbocycles. The Morgan fingerprint density at radius 2 is 1.78 bits per heavy atom. The number of para-hydroxylation sites is 2. The second-order valence-electron chi connectivity index (χ2n) is 7.04. The van der Waals surface area contributed by atoms with Crippen LogP contribution in [0.4, 0.5) is 5.69 Å². The van der Waals surface area contributed by atoms with E-state index in [1.54, 1.807) is 7.11 Å². The van der Waals surface area contributed by atoms with Gasteiger partial charge in [0.15, 0.2) is 0 Å². The maximum absolute atomic E-state index is 10.1. The number of piperazine rings is 1. The van der Waals surface area contributed by atoms with Crippen molar-refractivity contribution in [2.24, 2.45) is 0 Å². The van der Waals surface area contributed by atoms with Crippen molar-refractivity contribution in [2.45, 2.75) is 32.5 Å². The normalized spacial score (nSPS) is 18.0. The predicted molar refractivity (Wildman–Crippen MR) is 93.4 cm³/mol. The van der Waals surface area contributed by atoms with Gasteiger partial charge in [0.1, 0.15) is 5.75 Å². The van der Waals surface area contributed by atoms with Crippen LogP contribution in [-0.2, 0) is 4.74 Å². The molecule has 0 bridgehead atoms. The zero-order valence-electron chi connectivity index (χ0n) is 14.8. The Labute approximate surface area is 139 Å². The summed E-state index contributed by atoms with van der Waals surface area (Å²) in [5.74, 6) is 0.916. The van der Waals surface area contributed by atoms with Crippen LogP contribution in [0.15, 0.2) is 24.3 Å². The van der Waals surface area contributed by atoms with Crippen molar-refractivity contribution < 1.29 is 14.6 Å². The van der Waals surface area contributed by atoms with Crippen LogP contribution in [-0.4, -0.2) is 68.2 Å². The highest BCUT2D eigenvalue weighted by Crippen LogP contribution is 2.28. The van der Waals surface area contributed by atoms with Gasteiger partial charge in [0.2, 0.25) is 0 Å². The third-order valence-corrected chi connectivity index (χ3v) is 3.98. The van der Waals surface area contributed by atoms with Crippen LogP contribution in [0.25, 0.3) is 0 Å². The molecule has 1 heterocycles. The lowest BCUT2D eigenvalue weighted by Gasteiger charge is -2.37. The van der Waals surface area contributed by atoms with E-state index in [0.29, 0.717) is 13.2 Å². The minimum atomic E-state index is -0.438. The van der Waals surface area contributed by atoms with E-state index in [0.717, 1.165) is 37.6 Å². The molecule has 1 N–H and O–H groups in total. The fraction of sp³-hybridized carbons (Fsp3) is 0.667. The van der Waals surface area contributed by atoms with Gasteiger partial charge in [-0.25, -0.2) is 0 Å². The van der Waals surface area contributed by atoms with Crippen molar-refractivity contribution in [1.82, 2.24) is 4.90 Å². The SMILES string of the molecule is COc1ccccc1N1CCN(C[C@H](O)COC(C)(C)C)CC1. The van der Waals surface area contributed by atoms with Crippen molar-refractivity contribution in [2.75, 3.05) is 51.3 Å². The van der Waals surface area contributed by atoms with Gasteiger partial charge in [-0.05, 0) is 32.9 Å². The van der Waals surface area contributed by atoms with Crippen LogP contribution in [0.5, 0.6) is 5.75 Å². The third kappa shape index (κ3) is 5.68. The van der Waals surface area contributed by atoms with Gasteiger partial charge in [0.05, 0.1) is 31.1 Å². The second-order valence-corrected chi connectivity index (χ2v) is 7.04. The van der Waals surface area contributed by atoms with Crippen molar-refractivity contribution in [1.29, 1.82) is 0 Å². The lowest BCUT2D eigenvalue weighted by Crippen LogP contribution is -2.49. The Kier molecular flexibility index (Phi) is 6.27. The number of aliphatic hydroxyl groups excluding tert-OH is 1. The second kappa shape index (κ2) is 7.99. The average Bonchev–Trinajstić information content (AvgIpc) is 2.53. The number of anilines is 1. The maximum Gasteiger partial charge on any atom is 0.142 e. The molecule has 0 unspecified atom stereocenters. The number of β-amino-alcohol motifs (C(OH)–C–C–N with tert-alkyl or cyclic N) is 1. The molecule has 2 rings (SSSR count). The van der Waals surface area contributed by atoms with Gasteiger partial charge in [0, 0.05) is 32.7 Å². The number of benzene rings is 1. The highest BCUT2D eigenvalue weighted by atomic mass is 16.5. The van der Waals surface area contributed by atoms with Gasteiger partial charge in [0.25, 0.3) is 0 Å². The first-order valence-corrected chi connectivity index (χ1v) is 8.31. The van der Waals surface area contributed by atoms with E-state index in [2.05, 4.69) is 15.9 Å². The fourth-order valence-electron chi connectivity index (χ4n) is 2.76. The summed E-state index contributed by atoms with van der Waals surface area (Å²) < 4.78 is 11.1. The van der Waals surface area contributed by atoms with Crippen LogP contribution >= 0.6 is 0 Å². The maximum atomic E-state index is 10.1. The van der Waals surface area contributed by atoms with E-state index in [1.165, 1.54) is 0 Å². The average molecular weight is 322 g/mol. The number of ether oxygens (including phenoxy) is 2. The summed E-state index contributed by atoms with van der Waals surface area (Å²) in [6.07, 6.45) is -0.438. The van der Waals surface area contributed by atoms with E-state index in [1.807, 2.05) is 39.0 Å². The third-order valence-electron chi connectivity index (χ3n) is 3.98. The number of rotatable bonds is 6. The van der Waals surface area contributed by atoms with E-state index in [4.69, 9.17) is 9.47 Å². The smallest absolute Gasteiger partial charge is 0.142 e. The Morgan fingerprint density at radius 3 is 2.39 bits per heavy atom. The molecule has 0 spiro atoms. The molecule has 1 saturated heterocycles. The monoisotopic (exact) mass is 322 g/mol. The van der Waals surface area contributed by atoms with Crippen molar-refractivity contribution in [3.8, 4) is 5.75 Å². The number of hydrogen-bond donors (Lipinski definition) is 1. The van der Waals surface area contributed by atoms with Gasteiger partial charge in [-0.1, -0.05) is 12.1 Å². The van der Waals surface area contributed by atoms with E-state index < -0.39 is 6.10 Å². The van der Waals surface area contributed by atoms with Crippen LogP contribution in [0.1, 0.15) is 20.8 Å². The molecule has 1 aromatic rings. The number of hydrogen-bond acceptors (Lipinski definition) is 5. The molecule has 0 radical (unpaired) electrons. The molecule has 5 nitrogen and oxygen atoms in total. The van der Waals surface area contributed by atoms with Gasteiger partial charge >= 0.3 is 0 Å². The quantitative estimate of drug-likeness (QED) is 0.868. The summed E-state index contributed by atoms with van der Waals surface area (Å²) >= 11 is 0. The molecule has 1 aliphatic rings. The van der Waals surface area contributed by atoms with E-state index in [9.17, 15) is 5.11 Å². The molecule has 0 aliphatic carbocycles. The highest BCUT2D eigenvalue weighted by Gasteiger charge is 2.22. The number of methoxy groups -OCH3 is 1. The van der Waals surface area contributed by atoms with Gasteiger partial charge < -0.3 is 19.5 Å². The van der Waals surface area contributed by atoms with Crippen molar-refractivity contribution in [3.63, 3.8) is 0 Å². The van der Waals surface area contributed by atoms with E-state index in [-0.39, 0.29) is 5.60 Å². The Hall–Kier alpha value is -1.30. The molecule has 1 atom stereocenters. The molecule has 1 aromatic carbocycles. The zero-order valence-corrected chi connectivity index (χ0v) is 14.8. The van der Waals surface area contributed by atoms with Crippen LogP contribution in [0.2, 0.25) is 0 Å².